The number of ether oxygens (including phenoxy) is 1. The predicted molar refractivity (Wildman–Crippen MR) is 77.0 cm³/mol. The lowest BCUT2D eigenvalue weighted by molar-refractivity contribution is -0.274. The van der Waals surface area contributed by atoms with Crippen molar-refractivity contribution in [2.45, 2.75) is 38.1 Å². The molecule has 0 bridgehead atoms. The Kier molecular flexibility index (Phi) is 3.94. The van der Waals surface area contributed by atoms with Gasteiger partial charge < -0.3 is 10.1 Å². The lowest BCUT2D eigenvalue weighted by Crippen LogP contribution is -2.17. The van der Waals surface area contributed by atoms with E-state index in [0.717, 1.165) is 15.7 Å². The second-order valence-corrected chi connectivity index (χ2v) is 6.21. The third kappa shape index (κ3) is 3.88. The zero-order chi connectivity index (χ0) is 15.7. The highest BCUT2D eigenvalue weighted by molar-refractivity contribution is 7.15. The number of halogens is 3. The van der Waals surface area contributed by atoms with Crippen molar-refractivity contribution in [1.29, 1.82) is 0 Å². The number of aromatic nitrogens is 2. The van der Waals surface area contributed by atoms with E-state index in [1.54, 1.807) is 12.1 Å². The molecular weight excluding hydrogens is 315 g/mol. The van der Waals surface area contributed by atoms with Gasteiger partial charge in [-0.25, -0.2) is 0 Å². The molecule has 1 saturated carbocycles. The first-order valence-corrected chi connectivity index (χ1v) is 7.68. The third-order valence-corrected chi connectivity index (χ3v) is 4.34. The van der Waals surface area contributed by atoms with E-state index < -0.39 is 6.36 Å². The van der Waals surface area contributed by atoms with Crippen molar-refractivity contribution < 1.29 is 17.9 Å². The van der Waals surface area contributed by atoms with Gasteiger partial charge in [-0.15, -0.1) is 23.4 Å². The van der Waals surface area contributed by atoms with Crippen LogP contribution in [0.3, 0.4) is 0 Å². The number of nitrogens with zero attached hydrogens (tertiary/aromatic N) is 2. The Bertz CT molecular complexity index is 638. The van der Waals surface area contributed by atoms with Crippen LogP contribution >= 0.6 is 11.3 Å². The highest BCUT2D eigenvalue weighted by atomic mass is 32.1. The minimum Gasteiger partial charge on any atom is -0.406 e. The minimum atomic E-state index is -4.67. The van der Waals surface area contributed by atoms with Crippen LogP contribution in [0, 0.1) is 0 Å². The smallest absolute Gasteiger partial charge is 0.406 e. The van der Waals surface area contributed by atoms with E-state index >= 15 is 0 Å². The lowest BCUT2D eigenvalue weighted by atomic mass is 10.1. The Labute approximate surface area is 129 Å². The standard InChI is InChI=1S/C14H14F3N3OS/c1-8(18-13-20-19-12(22-13)10-2-3-10)9-4-6-11(7-5-9)21-14(15,16)17/h4-8,10H,2-3H2,1H3,(H,18,20)/t8-/m0/s1. The molecule has 0 aliphatic heterocycles. The summed E-state index contributed by atoms with van der Waals surface area (Å²) in [5.41, 5.74) is 0.845. The summed E-state index contributed by atoms with van der Waals surface area (Å²) in [6.07, 6.45) is -2.33. The first-order chi connectivity index (χ1) is 10.4. The van der Waals surface area contributed by atoms with Crippen LogP contribution in [-0.2, 0) is 0 Å². The summed E-state index contributed by atoms with van der Waals surface area (Å²) >= 11 is 1.53. The van der Waals surface area contributed by atoms with Crippen molar-refractivity contribution in [3.8, 4) is 5.75 Å². The summed E-state index contributed by atoms with van der Waals surface area (Å²) in [7, 11) is 0. The second-order valence-electron chi connectivity index (χ2n) is 5.20. The van der Waals surface area contributed by atoms with Gasteiger partial charge in [0, 0.05) is 5.92 Å². The fourth-order valence-corrected chi connectivity index (χ4v) is 3.01. The van der Waals surface area contributed by atoms with Crippen LogP contribution < -0.4 is 10.1 Å². The highest BCUT2D eigenvalue weighted by Crippen LogP contribution is 2.42. The van der Waals surface area contributed by atoms with Crippen molar-refractivity contribution in [3.63, 3.8) is 0 Å². The fraction of sp³-hybridized carbons (Fsp3) is 0.429. The number of alkyl halides is 3. The van der Waals surface area contributed by atoms with Gasteiger partial charge >= 0.3 is 6.36 Å². The number of rotatable bonds is 5. The molecule has 2 aromatic rings. The lowest BCUT2D eigenvalue weighted by Gasteiger charge is -2.14. The van der Waals surface area contributed by atoms with Gasteiger partial charge in [-0.05, 0) is 37.5 Å². The minimum absolute atomic E-state index is 0.0834. The molecular formula is C14H14F3N3OS. The number of benzene rings is 1. The van der Waals surface area contributed by atoms with E-state index in [1.165, 1.54) is 36.3 Å². The van der Waals surface area contributed by atoms with Gasteiger partial charge in [0.15, 0.2) is 0 Å². The monoisotopic (exact) mass is 329 g/mol. The average molecular weight is 329 g/mol. The zero-order valence-corrected chi connectivity index (χ0v) is 12.5. The van der Waals surface area contributed by atoms with Gasteiger partial charge in [-0.1, -0.05) is 23.5 Å². The maximum Gasteiger partial charge on any atom is 0.573 e. The third-order valence-electron chi connectivity index (χ3n) is 3.32. The Morgan fingerprint density at radius 1 is 1.23 bits per heavy atom. The summed E-state index contributed by atoms with van der Waals surface area (Å²) in [5, 5.41) is 13.2. The molecule has 22 heavy (non-hydrogen) atoms. The summed E-state index contributed by atoms with van der Waals surface area (Å²) in [6.45, 7) is 1.91. The van der Waals surface area contributed by atoms with Crippen molar-refractivity contribution in [2.24, 2.45) is 0 Å². The number of anilines is 1. The first-order valence-electron chi connectivity index (χ1n) is 6.86. The quantitative estimate of drug-likeness (QED) is 0.878. The van der Waals surface area contributed by atoms with Crippen LogP contribution in [0.2, 0.25) is 0 Å². The molecule has 118 valence electrons. The van der Waals surface area contributed by atoms with Crippen LogP contribution in [-0.4, -0.2) is 16.6 Å². The Hall–Kier alpha value is -1.83. The fourth-order valence-electron chi connectivity index (χ4n) is 2.01. The molecule has 3 rings (SSSR count). The molecule has 0 spiro atoms. The molecule has 1 atom stereocenters. The maximum atomic E-state index is 12.1. The SMILES string of the molecule is C[C@H](Nc1nnc(C2CC2)s1)c1ccc(OC(F)(F)F)cc1. The van der Waals surface area contributed by atoms with Crippen LogP contribution in [0.5, 0.6) is 5.75 Å². The molecule has 1 aliphatic carbocycles. The molecule has 8 heteroatoms. The van der Waals surface area contributed by atoms with Crippen LogP contribution in [0.4, 0.5) is 18.3 Å². The van der Waals surface area contributed by atoms with E-state index in [0.29, 0.717) is 5.92 Å². The predicted octanol–water partition coefficient (Wildman–Crippen LogP) is 4.49. The Morgan fingerprint density at radius 3 is 2.50 bits per heavy atom. The zero-order valence-electron chi connectivity index (χ0n) is 11.7. The van der Waals surface area contributed by atoms with Crippen molar-refractivity contribution in [2.75, 3.05) is 5.32 Å². The molecule has 1 aromatic heterocycles. The molecule has 0 unspecified atom stereocenters. The molecule has 0 amide bonds. The Balaban J connectivity index is 1.62. The molecule has 1 aromatic carbocycles. The van der Waals surface area contributed by atoms with Gasteiger partial charge in [0.05, 0.1) is 6.04 Å². The van der Waals surface area contributed by atoms with E-state index in [9.17, 15) is 13.2 Å². The normalized spacial score (nSPS) is 16.4. The molecule has 1 aliphatic rings. The van der Waals surface area contributed by atoms with Crippen LogP contribution in [0.25, 0.3) is 0 Å². The highest BCUT2D eigenvalue weighted by Gasteiger charge is 2.31. The molecule has 1 fully saturated rings. The molecule has 4 nitrogen and oxygen atoms in total. The van der Waals surface area contributed by atoms with E-state index in [1.807, 2.05) is 6.92 Å². The number of hydrogen-bond acceptors (Lipinski definition) is 5. The van der Waals surface area contributed by atoms with Gasteiger partial charge in [0.25, 0.3) is 0 Å². The summed E-state index contributed by atoms with van der Waals surface area (Å²) in [4.78, 5) is 0. The van der Waals surface area contributed by atoms with Crippen LogP contribution in [0.1, 0.15) is 42.3 Å². The molecule has 1 heterocycles. The topological polar surface area (TPSA) is 47.0 Å². The van der Waals surface area contributed by atoms with Gasteiger partial charge in [-0.2, -0.15) is 0 Å². The number of nitrogens with one attached hydrogen (secondary N) is 1. The molecule has 0 saturated heterocycles. The largest absolute Gasteiger partial charge is 0.573 e. The van der Waals surface area contributed by atoms with Gasteiger partial charge in [0.1, 0.15) is 10.8 Å². The van der Waals surface area contributed by atoms with E-state index in [-0.39, 0.29) is 11.8 Å². The van der Waals surface area contributed by atoms with Crippen LogP contribution in [0.15, 0.2) is 24.3 Å². The van der Waals surface area contributed by atoms with Gasteiger partial charge in [-0.3, -0.25) is 0 Å². The summed E-state index contributed by atoms with van der Waals surface area (Å²) in [5.74, 6) is 0.331. The van der Waals surface area contributed by atoms with Crippen molar-refractivity contribution in [1.82, 2.24) is 10.2 Å². The summed E-state index contributed by atoms with van der Waals surface area (Å²) < 4.78 is 40.2. The second kappa shape index (κ2) is 5.75. The summed E-state index contributed by atoms with van der Waals surface area (Å²) in [6, 6.07) is 5.72. The number of hydrogen-bond donors (Lipinski definition) is 1. The van der Waals surface area contributed by atoms with Crippen molar-refractivity contribution >= 4 is 16.5 Å². The van der Waals surface area contributed by atoms with E-state index in [2.05, 4.69) is 20.3 Å². The van der Waals surface area contributed by atoms with E-state index in [4.69, 9.17) is 0 Å². The maximum absolute atomic E-state index is 12.1. The van der Waals surface area contributed by atoms with Gasteiger partial charge in [0.2, 0.25) is 5.13 Å². The molecule has 1 N–H and O–H groups in total. The van der Waals surface area contributed by atoms with Crippen molar-refractivity contribution in [3.05, 3.63) is 34.8 Å². The Morgan fingerprint density at radius 2 is 1.91 bits per heavy atom. The molecule has 0 radical (unpaired) electrons. The first kappa shape index (κ1) is 15.1. The average Bonchev–Trinajstić information content (AvgIpc) is 3.19.